The van der Waals surface area contributed by atoms with Gasteiger partial charge in [0.2, 0.25) is 6.29 Å². The van der Waals surface area contributed by atoms with Crippen LogP contribution >= 0.6 is 0 Å². The molecule has 2 heterocycles. The van der Waals surface area contributed by atoms with Crippen LogP contribution in [-0.4, -0.2) is 80.5 Å². The molecule has 0 amide bonds. The summed E-state index contributed by atoms with van der Waals surface area (Å²) in [5.74, 6) is -2.25. The van der Waals surface area contributed by atoms with Gasteiger partial charge in [0.1, 0.15) is 35.4 Å². The van der Waals surface area contributed by atoms with Crippen LogP contribution in [0.1, 0.15) is 84.9 Å². The van der Waals surface area contributed by atoms with Crippen LogP contribution in [0.3, 0.4) is 0 Å². The third kappa shape index (κ3) is 5.49. The van der Waals surface area contributed by atoms with Gasteiger partial charge in [-0.2, -0.15) is 0 Å². The van der Waals surface area contributed by atoms with Crippen LogP contribution in [0.5, 0.6) is 5.75 Å². The minimum atomic E-state index is -2.18. The molecule has 7 unspecified atom stereocenters. The van der Waals surface area contributed by atoms with E-state index in [-0.39, 0.29) is 40.8 Å². The number of Topliss-reactive ketones (excluding diaryl/α,β-unsaturated/α-hetero) is 2. The van der Waals surface area contributed by atoms with Gasteiger partial charge in [0.05, 0.1) is 29.8 Å². The van der Waals surface area contributed by atoms with Gasteiger partial charge < -0.3 is 46.1 Å². The van der Waals surface area contributed by atoms with E-state index in [1.807, 2.05) is 18.2 Å². The van der Waals surface area contributed by atoms with E-state index < -0.39 is 59.8 Å². The summed E-state index contributed by atoms with van der Waals surface area (Å²) in [5.41, 5.74) is 5.20. The molecule has 0 radical (unpaired) electrons. The highest BCUT2D eigenvalue weighted by Crippen LogP contribution is 2.53. The number of carbonyl (C=O) groups is 2. The first-order chi connectivity index (χ1) is 23.1. The number of nitrogens with one attached hydrogen (secondary N) is 1. The van der Waals surface area contributed by atoms with E-state index in [0.717, 1.165) is 56.1 Å². The number of ether oxygens (including phenoxy) is 2. The van der Waals surface area contributed by atoms with Gasteiger partial charge >= 0.3 is 0 Å². The van der Waals surface area contributed by atoms with Crippen molar-refractivity contribution in [3.63, 3.8) is 0 Å². The van der Waals surface area contributed by atoms with Gasteiger partial charge in [-0.1, -0.05) is 56.4 Å². The zero-order valence-corrected chi connectivity index (χ0v) is 27.0. The molecule has 7 atom stereocenters. The Labute approximate surface area is 279 Å². The first-order valence-corrected chi connectivity index (χ1v) is 17.3. The number of benzene rings is 1. The van der Waals surface area contributed by atoms with Crippen LogP contribution in [0.15, 0.2) is 65.2 Å². The number of rotatable bonds is 7. The van der Waals surface area contributed by atoms with Crippen molar-refractivity contribution in [1.82, 2.24) is 5.32 Å². The molecule has 11 nitrogen and oxygen atoms in total. The second-order valence-electron chi connectivity index (χ2n) is 14.5. The quantitative estimate of drug-likeness (QED) is 0.227. The Kier molecular flexibility index (Phi) is 8.78. The number of dihydropyridines is 1. The van der Waals surface area contributed by atoms with Gasteiger partial charge in [0.25, 0.3) is 0 Å². The van der Waals surface area contributed by atoms with Gasteiger partial charge in [0.15, 0.2) is 11.6 Å². The van der Waals surface area contributed by atoms with Crippen LogP contribution in [0.4, 0.5) is 0 Å². The molecule has 4 aliphatic carbocycles. The Morgan fingerprint density at radius 1 is 1.00 bits per heavy atom. The predicted molar refractivity (Wildman–Crippen MR) is 175 cm³/mol. The summed E-state index contributed by atoms with van der Waals surface area (Å²) in [6.07, 6.45) is 9.28. The number of aliphatic hydroxyl groups is 5. The Balaban J connectivity index is 1.20. The molecule has 0 aromatic heterocycles. The lowest BCUT2D eigenvalue weighted by Crippen LogP contribution is -2.69. The molecule has 11 heteroatoms. The average molecular weight is 663 g/mol. The molecule has 0 bridgehead atoms. The zero-order chi connectivity index (χ0) is 33.8. The normalized spacial score (nSPS) is 35.0. The predicted octanol–water partition coefficient (Wildman–Crippen LogP) is 3.09. The van der Waals surface area contributed by atoms with Gasteiger partial charge in [-0.3, -0.25) is 9.59 Å². The highest BCUT2D eigenvalue weighted by atomic mass is 16.7. The zero-order valence-electron chi connectivity index (χ0n) is 27.0. The summed E-state index contributed by atoms with van der Waals surface area (Å²) in [4.78, 5) is 28.0. The van der Waals surface area contributed by atoms with Gasteiger partial charge in [-0.05, 0) is 72.8 Å². The molecule has 258 valence electrons. The van der Waals surface area contributed by atoms with E-state index in [0.29, 0.717) is 25.2 Å². The summed E-state index contributed by atoms with van der Waals surface area (Å²) in [5, 5.41) is 59.7. The molecular weight excluding hydrogens is 616 g/mol. The highest BCUT2D eigenvalue weighted by molar-refractivity contribution is 6.19. The maximum atomic E-state index is 14.1. The van der Waals surface area contributed by atoms with Crippen molar-refractivity contribution in [2.24, 2.45) is 28.9 Å². The topological polar surface area (TPSA) is 192 Å². The minimum absolute atomic E-state index is 0.0445. The van der Waals surface area contributed by atoms with E-state index in [2.05, 4.69) is 5.32 Å². The summed E-state index contributed by atoms with van der Waals surface area (Å²) < 4.78 is 12.0. The summed E-state index contributed by atoms with van der Waals surface area (Å²) in [6, 6.07) is 4.58. The lowest BCUT2D eigenvalue weighted by molar-refractivity contribution is -0.319. The van der Waals surface area contributed by atoms with E-state index in [1.165, 1.54) is 6.07 Å². The number of hydrogen-bond donors (Lipinski definition) is 7. The van der Waals surface area contributed by atoms with Crippen LogP contribution < -0.4 is 15.8 Å². The first kappa shape index (κ1) is 33.0. The third-order valence-corrected chi connectivity index (χ3v) is 11.7. The second-order valence-corrected chi connectivity index (χ2v) is 14.5. The van der Waals surface area contributed by atoms with Crippen molar-refractivity contribution in [2.75, 3.05) is 13.2 Å². The fraction of sp³-hybridized carbons (Fsp3) is 0.568. The Morgan fingerprint density at radius 3 is 2.46 bits per heavy atom. The Bertz CT molecular complexity index is 1580. The number of aliphatic hydroxyl groups excluding tert-OH is 4. The van der Waals surface area contributed by atoms with E-state index in [1.54, 1.807) is 18.2 Å². The van der Waals surface area contributed by atoms with Gasteiger partial charge in [0, 0.05) is 12.1 Å². The molecule has 1 aromatic rings. The lowest BCUT2D eigenvalue weighted by atomic mass is 9.66. The van der Waals surface area contributed by atoms with Gasteiger partial charge in [-0.25, -0.2) is 0 Å². The van der Waals surface area contributed by atoms with E-state index in [4.69, 9.17) is 15.2 Å². The molecule has 48 heavy (non-hydrogen) atoms. The smallest absolute Gasteiger partial charge is 0.229 e. The SMILES string of the molecule is NC1=CC(C2(CC3(O)C(O)C(CO)OC(Oc4cccc5c4C(=O)C4C(O)=CC(C6CCCCC6)=CC4C5=O)C3O)CCCC2)=CCN1. The van der Waals surface area contributed by atoms with Crippen molar-refractivity contribution in [3.8, 4) is 5.75 Å². The molecule has 6 aliphatic rings. The second kappa shape index (κ2) is 12.8. The molecule has 7 rings (SSSR count). The standard InChI is InChI=1S/C37H46N2O9/c38-28-17-22(11-14-39-28)36(12-4-5-13-36)19-37(46)33(44)27(18-40)48-35(34(37)45)47-26-10-6-9-23-30(26)32(43)29-24(31(23)42)15-21(16-25(29)41)20-7-2-1-3-8-20/h6,9-11,15-17,20,24,27,29,33-35,39-41,44-46H,1-5,7-8,12-14,18-19,38H2. The number of nitrogens with two attached hydrogens (primary N) is 1. The monoisotopic (exact) mass is 662 g/mol. The molecule has 1 saturated heterocycles. The Morgan fingerprint density at radius 2 is 1.75 bits per heavy atom. The minimum Gasteiger partial charge on any atom is -0.511 e. The fourth-order valence-electron chi connectivity index (χ4n) is 9.14. The van der Waals surface area contributed by atoms with Crippen LogP contribution in [-0.2, 0) is 4.74 Å². The van der Waals surface area contributed by atoms with Crippen LogP contribution in [0.2, 0.25) is 0 Å². The van der Waals surface area contributed by atoms with E-state index >= 15 is 0 Å². The highest BCUT2D eigenvalue weighted by Gasteiger charge is 2.59. The van der Waals surface area contributed by atoms with E-state index in [9.17, 15) is 35.1 Å². The van der Waals surface area contributed by atoms with Gasteiger partial charge in [-0.15, -0.1) is 0 Å². The number of carbonyl (C=O) groups excluding carboxylic acids is 2. The van der Waals surface area contributed by atoms with Crippen molar-refractivity contribution in [3.05, 3.63) is 76.4 Å². The summed E-state index contributed by atoms with van der Waals surface area (Å²) >= 11 is 0. The fourth-order valence-corrected chi connectivity index (χ4v) is 9.14. The van der Waals surface area contributed by atoms with Crippen LogP contribution in [0.25, 0.3) is 0 Å². The molecule has 1 aromatic carbocycles. The molecule has 8 N–H and O–H groups in total. The lowest BCUT2D eigenvalue weighted by Gasteiger charge is -2.51. The maximum Gasteiger partial charge on any atom is 0.229 e. The molecule has 0 spiro atoms. The number of hydrogen-bond acceptors (Lipinski definition) is 11. The van der Waals surface area contributed by atoms with Crippen LogP contribution in [0, 0.1) is 23.2 Å². The number of ketones is 2. The summed E-state index contributed by atoms with van der Waals surface area (Å²) in [7, 11) is 0. The third-order valence-electron chi connectivity index (χ3n) is 11.7. The summed E-state index contributed by atoms with van der Waals surface area (Å²) in [6.45, 7) is -0.169. The molecule has 3 fully saturated rings. The largest absolute Gasteiger partial charge is 0.511 e. The number of fused-ring (bicyclic) bond motifs is 2. The first-order valence-electron chi connectivity index (χ1n) is 17.3. The van der Waals surface area contributed by atoms with Crippen molar-refractivity contribution in [2.45, 2.75) is 94.4 Å². The van der Waals surface area contributed by atoms with Crippen molar-refractivity contribution in [1.29, 1.82) is 0 Å². The molecular formula is C37H46N2O9. The maximum absolute atomic E-state index is 14.1. The number of allylic oxidation sites excluding steroid dienone is 6. The average Bonchev–Trinajstić information content (AvgIpc) is 3.57. The molecule has 2 saturated carbocycles. The van der Waals surface area contributed by atoms with Crippen molar-refractivity contribution >= 4 is 11.6 Å². The Hall–Kier alpha value is -3.48. The molecule has 2 aliphatic heterocycles. The van der Waals surface area contributed by atoms with Crippen molar-refractivity contribution < 1.29 is 44.6 Å².